The summed E-state index contributed by atoms with van der Waals surface area (Å²) in [4.78, 5) is 13.8. The van der Waals surface area contributed by atoms with E-state index in [-0.39, 0.29) is 5.78 Å². The minimum atomic E-state index is 0.0481. The van der Waals surface area contributed by atoms with Gasteiger partial charge >= 0.3 is 0 Å². The second kappa shape index (κ2) is 5.97. The lowest BCUT2D eigenvalue weighted by Crippen LogP contribution is -2.02. The summed E-state index contributed by atoms with van der Waals surface area (Å²) in [6.45, 7) is 0. The molecule has 4 heteroatoms. The molecule has 0 bridgehead atoms. The number of nitrogens with zero attached hydrogens (tertiary/aromatic N) is 1. The topological polar surface area (TPSA) is 39.2 Å². The van der Waals surface area contributed by atoms with Gasteiger partial charge in [-0.25, -0.2) is 4.37 Å². The minimum absolute atomic E-state index is 0.0481. The summed E-state index contributed by atoms with van der Waals surface area (Å²) in [5, 5.41) is 0. The zero-order chi connectivity index (χ0) is 15.6. The molecule has 0 spiro atoms. The third-order valence-corrected chi connectivity index (χ3v) is 4.85. The van der Waals surface area contributed by atoms with Crippen LogP contribution >= 0.6 is 11.5 Å². The Morgan fingerprint density at radius 1 is 1.00 bits per heavy atom. The number of hydrogen-bond donors (Lipinski definition) is 0. The van der Waals surface area contributed by atoms with Gasteiger partial charge in [0.05, 0.1) is 11.8 Å². The highest BCUT2D eigenvalue weighted by Crippen LogP contribution is 2.44. The van der Waals surface area contributed by atoms with Crippen molar-refractivity contribution < 1.29 is 9.53 Å². The van der Waals surface area contributed by atoms with Gasteiger partial charge < -0.3 is 4.74 Å². The summed E-state index contributed by atoms with van der Waals surface area (Å²) >= 11 is 1.45. The van der Waals surface area contributed by atoms with Crippen LogP contribution < -0.4 is 4.74 Å². The van der Waals surface area contributed by atoms with Crippen molar-refractivity contribution in [1.82, 2.24) is 4.37 Å². The molecule has 0 saturated heterocycles. The van der Waals surface area contributed by atoms with Crippen molar-refractivity contribution in [2.75, 3.05) is 0 Å². The summed E-state index contributed by atoms with van der Waals surface area (Å²) < 4.78 is 9.95. The van der Waals surface area contributed by atoms with Crippen LogP contribution in [0.2, 0.25) is 0 Å². The van der Waals surface area contributed by atoms with Crippen LogP contribution in [-0.2, 0) is 0 Å². The summed E-state index contributed by atoms with van der Waals surface area (Å²) in [5.41, 5.74) is 1.43. The van der Waals surface area contributed by atoms with Crippen molar-refractivity contribution in [2.24, 2.45) is 0 Å². The Kier molecular flexibility index (Phi) is 3.67. The highest BCUT2D eigenvalue weighted by atomic mass is 32.1. The van der Waals surface area contributed by atoms with E-state index in [2.05, 4.69) is 4.37 Å². The molecular weight excluding hydrogens is 306 g/mol. The van der Waals surface area contributed by atoms with Crippen molar-refractivity contribution in [3.63, 3.8) is 0 Å². The molecular formula is C19H15NO2S. The zero-order valence-electron chi connectivity index (χ0n) is 12.4. The molecule has 1 aliphatic carbocycles. The summed E-state index contributed by atoms with van der Waals surface area (Å²) in [5.74, 6) is 2.09. The van der Waals surface area contributed by atoms with E-state index in [1.54, 1.807) is 6.20 Å². The molecule has 0 amide bonds. The molecule has 0 unspecified atom stereocenters. The number of benzene rings is 2. The van der Waals surface area contributed by atoms with Gasteiger partial charge in [-0.15, -0.1) is 0 Å². The first-order valence-electron chi connectivity index (χ1n) is 7.63. The number of ketones is 1. The number of aromatic nitrogens is 1. The Morgan fingerprint density at radius 3 is 2.39 bits per heavy atom. The number of ether oxygens (including phenoxy) is 1. The largest absolute Gasteiger partial charge is 0.457 e. The van der Waals surface area contributed by atoms with E-state index in [9.17, 15) is 4.79 Å². The average Bonchev–Trinajstić information content (AvgIpc) is 3.33. The molecule has 1 saturated carbocycles. The van der Waals surface area contributed by atoms with Gasteiger partial charge in [0.1, 0.15) is 11.5 Å². The van der Waals surface area contributed by atoms with Crippen LogP contribution in [0.4, 0.5) is 0 Å². The van der Waals surface area contributed by atoms with Crippen molar-refractivity contribution in [1.29, 1.82) is 0 Å². The standard InChI is InChI=1S/C19H15NO2S/c21-18(17-12-20-23-19(17)14-6-7-14)13-8-10-16(11-9-13)22-15-4-2-1-3-5-15/h1-5,8-12,14H,6-7H2. The third kappa shape index (κ3) is 3.03. The predicted octanol–water partition coefficient (Wildman–Crippen LogP) is 5.04. The molecule has 2 aromatic carbocycles. The van der Waals surface area contributed by atoms with Crippen LogP contribution in [0.5, 0.6) is 11.5 Å². The lowest BCUT2D eigenvalue weighted by atomic mass is 10.0. The maximum absolute atomic E-state index is 12.7. The van der Waals surface area contributed by atoms with E-state index < -0.39 is 0 Å². The molecule has 1 aliphatic rings. The first-order chi connectivity index (χ1) is 11.3. The number of hydrogen-bond acceptors (Lipinski definition) is 4. The fourth-order valence-electron chi connectivity index (χ4n) is 2.51. The average molecular weight is 321 g/mol. The van der Waals surface area contributed by atoms with Crippen molar-refractivity contribution in [3.8, 4) is 11.5 Å². The lowest BCUT2D eigenvalue weighted by Gasteiger charge is -2.06. The van der Waals surface area contributed by atoms with E-state index in [4.69, 9.17) is 4.74 Å². The first-order valence-corrected chi connectivity index (χ1v) is 8.41. The fraction of sp³-hybridized carbons (Fsp3) is 0.158. The number of rotatable bonds is 5. The van der Waals surface area contributed by atoms with Crippen molar-refractivity contribution in [3.05, 3.63) is 76.8 Å². The summed E-state index contributed by atoms with van der Waals surface area (Å²) in [6, 6.07) is 16.9. The molecule has 114 valence electrons. The predicted molar refractivity (Wildman–Crippen MR) is 90.5 cm³/mol. The van der Waals surface area contributed by atoms with Gasteiger partial charge in [-0.2, -0.15) is 0 Å². The molecule has 1 fully saturated rings. The van der Waals surface area contributed by atoms with Gasteiger partial charge in [-0.1, -0.05) is 18.2 Å². The summed E-state index contributed by atoms with van der Waals surface area (Å²) in [6.07, 6.45) is 4.05. The Balaban J connectivity index is 1.53. The molecule has 0 aliphatic heterocycles. The van der Waals surface area contributed by atoms with Gasteiger partial charge in [0.2, 0.25) is 0 Å². The van der Waals surface area contributed by atoms with E-state index in [1.165, 1.54) is 24.4 Å². The first kappa shape index (κ1) is 14.2. The normalized spacial score (nSPS) is 13.7. The smallest absolute Gasteiger partial charge is 0.195 e. The van der Waals surface area contributed by atoms with Crippen LogP contribution in [0, 0.1) is 0 Å². The van der Waals surface area contributed by atoms with E-state index in [0.717, 1.165) is 21.9 Å². The molecule has 23 heavy (non-hydrogen) atoms. The molecule has 4 rings (SSSR count). The molecule has 0 atom stereocenters. The SMILES string of the molecule is O=C(c1ccc(Oc2ccccc2)cc1)c1cnsc1C1CC1. The second-order valence-corrected chi connectivity index (χ2v) is 6.48. The quantitative estimate of drug-likeness (QED) is 0.618. The molecule has 0 radical (unpaired) electrons. The lowest BCUT2D eigenvalue weighted by molar-refractivity contribution is 0.103. The third-order valence-electron chi connectivity index (χ3n) is 3.89. The number of para-hydroxylation sites is 1. The van der Waals surface area contributed by atoms with Crippen LogP contribution in [0.1, 0.15) is 39.6 Å². The Morgan fingerprint density at radius 2 is 1.70 bits per heavy atom. The van der Waals surface area contributed by atoms with Gasteiger partial charge in [0, 0.05) is 10.4 Å². The van der Waals surface area contributed by atoms with E-state index >= 15 is 0 Å². The van der Waals surface area contributed by atoms with Crippen LogP contribution in [-0.4, -0.2) is 10.2 Å². The van der Waals surface area contributed by atoms with Crippen LogP contribution in [0.25, 0.3) is 0 Å². The number of carbonyl (C=O) groups is 1. The molecule has 3 nitrogen and oxygen atoms in total. The highest BCUT2D eigenvalue weighted by Gasteiger charge is 2.30. The Hall–Kier alpha value is -2.46. The van der Waals surface area contributed by atoms with Gasteiger partial charge in [0.25, 0.3) is 0 Å². The molecule has 3 aromatic rings. The maximum atomic E-state index is 12.7. The molecule has 1 aromatic heterocycles. The monoisotopic (exact) mass is 321 g/mol. The zero-order valence-corrected chi connectivity index (χ0v) is 13.3. The van der Waals surface area contributed by atoms with Crippen LogP contribution in [0.15, 0.2) is 60.8 Å². The second-order valence-electron chi connectivity index (χ2n) is 5.65. The highest BCUT2D eigenvalue weighted by molar-refractivity contribution is 7.06. The van der Waals surface area contributed by atoms with Gasteiger partial charge in [0.15, 0.2) is 5.78 Å². The van der Waals surface area contributed by atoms with Gasteiger partial charge in [-0.3, -0.25) is 4.79 Å². The Bertz CT molecular complexity index is 820. The number of carbonyl (C=O) groups excluding carboxylic acids is 1. The van der Waals surface area contributed by atoms with E-state index in [0.29, 0.717) is 11.5 Å². The van der Waals surface area contributed by atoms with Crippen LogP contribution in [0.3, 0.4) is 0 Å². The fourth-order valence-corrected chi connectivity index (χ4v) is 3.41. The Labute approximate surface area is 138 Å². The van der Waals surface area contributed by atoms with Crippen molar-refractivity contribution in [2.45, 2.75) is 18.8 Å². The maximum Gasteiger partial charge on any atom is 0.195 e. The van der Waals surface area contributed by atoms with E-state index in [1.807, 2.05) is 54.6 Å². The molecule has 0 N–H and O–H groups in total. The minimum Gasteiger partial charge on any atom is -0.457 e. The van der Waals surface area contributed by atoms with Gasteiger partial charge in [-0.05, 0) is 66.7 Å². The summed E-state index contributed by atoms with van der Waals surface area (Å²) in [7, 11) is 0. The molecule has 1 heterocycles. The van der Waals surface area contributed by atoms with Crippen molar-refractivity contribution >= 4 is 17.3 Å².